The number of para-hydroxylation sites is 2. The standard InChI is InChI=1S/C20H19F3N2O/c1-13(14-5-4-6-15(11-14)20(21,22)23)25(16-9-10-16)12-19-24-17-7-2-3-8-18(17)26-19/h2-8,11,13,16H,9-10,12H2,1H3/t13-/m1/s1. The van der Waals surface area contributed by atoms with E-state index in [0.717, 1.165) is 30.0 Å². The van der Waals surface area contributed by atoms with Crippen LogP contribution >= 0.6 is 0 Å². The lowest BCUT2D eigenvalue weighted by Gasteiger charge is -2.28. The van der Waals surface area contributed by atoms with Gasteiger partial charge in [0.25, 0.3) is 0 Å². The van der Waals surface area contributed by atoms with Crippen molar-refractivity contribution in [2.45, 2.75) is 44.6 Å². The lowest BCUT2D eigenvalue weighted by molar-refractivity contribution is -0.137. The summed E-state index contributed by atoms with van der Waals surface area (Å²) in [5.41, 5.74) is 1.57. The Morgan fingerprint density at radius 2 is 1.92 bits per heavy atom. The first-order valence-corrected chi connectivity index (χ1v) is 8.69. The summed E-state index contributed by atoms with van der Waals surface area (Å²) in [5.74, 6) is 0.594. The molecule has 1 aliphatic rings. The van der Waals surface area contributed by atoms with Gasteiger partial charge >= 0.3 is 6.18 Å². The van der Waals surface area contributed by atoms with Crippen molar-refractivity contribution in [3.63, 3.8) is 0 Å². The molecule has 1 saturated carbocycles. The van der Waals surface area contributed by atoms with E-state index in [1.807, 2.05) is 31.2 Å². The van der Waals surface area contributed by atoms with E-state index in [1.165, 1.54) is 12.1 Å². The maximum atomic E-state index is 13.0. The third-order valence-corrected chi connectivity index (χ3v) is 4.87. The molecule has 0 spiro atoms. The van der Waals surface area contributed by atoms with Gasteiger partial charge in [-0.2, -0.15) is 13.2 Å². The van der Waals surface area contributed by atoms with Gasteiger partial charge in [0.05, 0.1) is 12.1 Å². The molecule has 2 aromatic carbocycles. The molecule has 26 heavy (non-hydrogen) atoms. The molecule has 0 unspecified atom stereocenters. The van der Waals surface area contributed by atoms with Gasteiger partial charge in [-0.1, -0.05) is 24.3 Å². The molecule has 136 valence electrons. The van der Waals surface area contributed by atoms with Crippen molar-refractivity contribution in [2.75, 3.05) is 0 Å². The van der Waals surface area contributed by atoms with E-state index in [1.54, 1.807) is 6.07 Å². The van der Waals surface area contributed by atoms with Crippen LogP contribution in [0.3, 0.4) is 0 Å². The summed E-state index contributed by atoms with van der Waals surface area (Å²) in [4.78, 5) is 6.69. The second-order valence-electron chi connectivity index (χ2n) is 6.78. The molecule has 3 aromatic rings. The second kappa shape index (κ2) is 6.43. The Kier molecular flexibility index (Phi) is 4.23. The Labute approximate surface area is 149 Å². The first-order chi connectivity index (χ1) is 12.4. The van der Waals surface area contributed by atoms with Crippen LogP contribution < -0.4 is 0 Å². The van der Waals surface area contributed by atoms with Crippen LogP contribution in [0.1, 0.15) is 42.8 Å². The highest BCUT2D eigenvalue weighted by molar-refractivity contribution is 5.72. The van der Waals surface area contributed by atoms with Crippen LogP contribution in [0.15, 0.2) is 52.9 Å². The SMILES string of the molecule is C[C@H](c1cccc(C(F)(F)F)c1)N(Cc1nc2ccccc2o1)C1CC1. The Morgan fingerprint density at radius 1 is 1.15 bits per heavy atom. The van der Waals surface area contributed by atoms with Crippen LogP contribution in [0.5, 0.6) is 0 Å². The zero-order chi connectivity index (χ0) is 18.3. The summed E-state index contributed by atoms with van der Waals surface area (Å²) >= 11 is 0. The van der Waals surface area contributed by atoms with Crippen molar-refractivity contribution >= 4 is 11.1 Å². The van der Waals surface area contributed by atoms with Gasteiger partial charge in [-0.25, -0.2) is 4.98 Å². The average molecular weight is 360 g/mol. The summed E-state index contributed by atoms with van der Waals surface area (Å²) < 4.78 is 44.9. The molecule has 1 aromatic heterocycles. The van der Waals surface area contributed by atoms with E-state index in [2.05, 4.69) is 9.88 Å². The molecule has 1 fully saturated rings. The minimum atomic E-state index is -4.33. The molecule has 1 heterocycles. The van der Waals surface area contributed by atoms with Crippen LogP contribution in [0.4, 0.5) is 13.2 Å². The van der Waals surface area contributed by atoms with E-state index in [-0.39, 0.29) is 6.04 Å². The van der Waals surface area contributed by atoms with E-state index < -0.39 is 11.7 Å². The van der Waals surface area contributed by atoms with Gasteiger partial charge in [-0.15, -0.1) is 0 Å². The van der Waals surface area contributed by atoms with Crippen molar-refractivity contribution in [1.29, 1.82) is 0 Å². The predicted octanol–water partition coefficient (Wildman–Crippen LogP) is 5.57. The molecular weight excluding hydrogens is 341 g/mol. The highest BCUT2D eigenvalue weighted by Crippen LogP contribution is 2.37. The van der Waals surface area contributed by atoms with Crippen molar-refractivity contribution < 1.29 is 17.6 Å². The van der Waals surface area contributed by atoms with Crippen molar-refractivity contribution in [3.8, 4) is 0 Å². The monoisotopic (exact) mass is 360 g/mol. The number of aromatic nitrogens is 1. The van der Waals surface area contributed by atoms with Gasteiger partial charge in [0.15, 0.2) is 5.58 Å². The number of fused-ring (bicyclic) bond motifs is 1. The molecular formula is C20H19F3N2O. The lowest BCUT2D eigenvalue weighted by atomic mass is 10.0. The van der Waals surface area contributed by atoms with Gasteiger partial charge in [0.1, 0.15) is 5.52 Å². The van der Waals surface area contributed by atoms with E-state index in [9.17, 15) is 13.2 Å². The van der Waals surface area contributed by atoms with Crippen LogP contribution in [0.25, 0.3) is 11.1 Å². The van der Waals surface area contributed by atoms with Crippen LogP contribution in [-0.2, 0) is 12.7 Å². The van der Waals surface area contributed by atoms with Crippen molar-refractivity contribution in [2.24, 2.45) is 0 Å². The number of nitrogens with zero attached hydrogens (tertiary/aromatic N) is 2. The van der Waals surface area contributed by atoms with Gasteiger partial charge in [-0.05, 0) is 49.6 Å². The van der Waals surface area contributed by atoms with Crippen molar-refractivity contribution in [1.82, 2.24) is 9.88 Å². The molecule has 0 aliphatic heterocycles. The number of alkyl halides is 3. The zero-order valence-electron chi connectivity index (χ0n) is 14.3. The largest absolute Gasteiger partial charge is 0.439 e. The average Bonchev–Trinajstić information content (AvgIpc) is 3.37. The van der Waals surface area contributed by atoms with E-state index in [0.29, 0.717) is 24.0 Å². The molecule has 1 aliphatic carbocycles. The minimum absolute atomic E-state index is 0.153. The Morgan fingerprint density at radius 3 is 2.62 bits per heavy atom. The molecule has 0 N–H and O–H groups in total. The highest BCUT2D eigenvalue weighted by atomic mass is 19.4. The van der Waals surface area contributed by atoms with Crippen molar-refractivity contribution in [3.05, 3.63) is 65.5 Å². The molecule has 0 saturated heterocycles. The second-order valence-corrected chi connectivity index (χ2v) is 6.78. The Hall–Kier alpha value is -2.34. The highest BCUT2D eigenvalue weighted by Gasteiger charge is 2.35. The first kappa shape index (κ1) is 17.1. The molecule has 0 radical (unpaired) electrons. The first-order valence-electron chi connectivity index (χ1n) is 8.69. The number of oxazole rings is 1. The molecule has 0 amide bonds. The maximum Gasteiger partial charge on any atom is 0.416 e. The smallest absolute Gasteiger partial charge is 0.416 e. The number of hydrogen-bond donors (Lipinski definition) is 0. The maximum absolute atomic E-state index is 13.0. The van der Waals surface area contributed by atoms with Gasteiger partial charge < -0.3 is 4.42 Å². The van der Waals surface area contributed by atoms with Crippen LogP contribution in [0.2, 0.25) is 0 Å². The fourth-order valence-corrected chi connectivity index (χ4v) is 3.30. The summed E-state index contributed by atoms with van der Waals surface area (Å²) in [5, 5.41) is 0. The van der Waals surface area contributed by atoms with Crippen LogP contribution in [0, 0.1) is 0 Å². The third-order valence-electron chi connectivity index (χ3n) is 4.87. The molecule has 1 atom stereocenters. The zero-order valence-corrected chi connectivity index (χ0v) is 14.3. The molecule has 6 heteroatoms. The topological polar surface area (TPSA) is 29.3 Å². The van der Waals surface area contributed by atoms with Gasteiger partial charge in [0.2, 0.25) is 5.89 Å². The van der Waals surface area contributed by atoms with Crippen LogP contribution in [-0.4, -0.2) is 15.9 Å². The van der Waals surface area contributed by atoms with Gasteiger partial charge in [-0.3, -0.25) is 4.90 Å². The van der Waals surface area contributed by atoms with Gasteiger partial charge in [0, 0.05) is 12.1 Å². The quantitative estimate of drug-likeness (QED) is 0.595. The number of rotatable bonds is 5. The predicted molar refractivity (Wildman–Crippen MR) is 92.4 cm³/mol. The lowest BCUT2D eigenvalue weighted by Crippen LogP contribution is -2.29. The molecule has 0 bridgehead atoms. The Bertz CT molecular complexity index is 882. The number of hydrogen-bond acceptors (Lipinski definition) is 3. The summed E-state index contributed by atoms with van der Waals surface area (Å²) in [6.45, 7) is 2.42. The summed E-state index contributed by atoms with van der Waals surface area (Å²) in [6.07, 6.45) is -2.24. The minimum Gasteiger partial charge on any atom is -0.439 e. The fraction of sp³-hybridized carbons (Fsp3) is 0.350. The molecule has 4 rings (SSSR count). The van der Waals surface area contributed by atoms with E-state index in [4.69, 9.17) is 4.42 Å². The summed E-state index contributed by atoms with van der Waals surface area (Å²) in [7, 11) is 0. The Balaban J connectivity index is 1.60. The normalized spacial score (nSPS) is 16.3. The third kappa shape index (κ3) is 3.46. The number of halogens is 3. The van der Waals surface area contributed by atoms with E-state index >= 15 is 0 Å². The molecule has 3 nitrogen and oxygen atoms in total. The summed E-state index contributed by atoms with van der Waals surface area (Å²) in [6, 6.07) is 13.3. The number of benzene rings is 2. The fourth-order valence-electron chi connectivity index (χ4n) is 3.30.